The zero-order chi connectivity index (χ0) is 10.6. The number of carbonyl (C=O) groups excluding carboxylic acids is 1. The number of benzene rings is 1. The lowest BCUT2D eigenvalue weighted by Gasteiger charge is -2.18. The third-order valence-electron chi connectivity index (χ3n) is 2.41. The SMILES string of the molecule is CC(C)(CCc1ccccc1)C(=O)Cl. The normalized spacial score (nSPS) is 11.4. The van der Waals surface area contributed by atoms with Gasteiger partial charge < -0.3 is 0 Å². The van der Waals surface area contributed by atoms with Gasteiger partial charge in [0, 0.05) is 5.41 Å². The predicted octanol–water partition coefficient (Wildman–Crippen LogP) is 3.41. The Hall–Kier alpha value is -0.820. The van der Waals surface area contributed by atoms with Gasteiger partial charge in [-0.25, -0.2) is 0 Å². The summed E-state index contributed by atoms with van der Waals surface area (Å²) in [7, 11) is 0. The van der Waals surface area contributed by atoms with Crippen LogP contribution in [-0.2, 0) is 11.2 Å². The largest absolute Gasteiger partial charge is 0.281 e. The highest BCUT2D eigenvalue weighted by Crippen LogP contribution is 2.25. The third-order valence-corrected chi connectivity index (χ3v) is 2.93. The summed E-state index contributed by atoms with van der Waals surface area (Å²) < 4.78 is 0. The first-order valence-electron chi connectivity index (χ1n) is 4.76. The van der Waals surface area contributed by atoms with Crippen molar-refractivity contribution in [3.8, 4) is 0 Å². The Morgan fingerprint density at radius 3 is 2.36 bits per heavy atom. The van der Waals surface area contributed by atoms with E-state index in [1.807, 2.05) is 32.0 Å². The standard InChI is InChI=1S/C12H15ClO/c1-12(2,11(13)14)9-8-10-6-4-3-5-7-10/h3-7H,8-9H2,1-2H3. The molecule has 0 aliphatic heterocycles. The Kier molecular flexibility index (Phi) is 3.70. The summed E-state index contributed by atoms with van der Waals surface area (Å²) >= 11 is 5.50. The zero-order valence-electron chi connectivity index (χ0n) is 8.59. The fourth-order valence-electron chi connectivity index (χ4n) is 1.20. The molecule has 0 unspecified atom stereocenters. The summed E-state index contributed by atoms with van der Waals surface area (Å²) in [5, 5.41) is -0.256. The van der Waals surface area contributed by atoms with Gasteiger partial charge in [-0.15, -0.1) is 0 Å². The van der Waals surface area contributed by atoms with Crippen LogP contribution in [0.4, 0.5) is 0 Å². The molecule has 0 bridgehead atoms. The minimum absolute atomic E-state index is 0.256. The molecule has 1 rings (SSSR count). The van der Waals surface area contributed by atoms with E-state index >= 15 is 0 Å². The third kappa shape index (κ3) is 3.15. The van der Waals surface area contributed by atoms with Gasteiger partial charge in [0.25, 0.3) is 0 Å². The van der Waals surface area contributed by atoms with Crippen molar-refractivity contribution in [1.82, 2.24) is 0 Å². The maximum Gasteiger partial charge on any atom is 0.227 e. The van der Waals surface area contributed by atoms with E-state index in [0.29, 0.717) is 0 Å². The second kappa shape index (κ2) is 4.61. The van der Waals surface area contributed by atoms with Gasteiger partial charge in [-0.1, -0.05) is 44.2 Å². The quantitative estimate of drug-likeness (QED) is 0.697. The molecule has 0 aliphatic rings. The fraction of sp³-hybridized carbons (Fsp3) is 0.417. The van der Waals surface area contributed by atoms with Crippen LogP contribution in [0.15, 0.2) is 30.3 Å². The molecule has 0 spiro atoms. The molecule has 1 aromatic carbocycles. The first-order valence-corrected chi connectivity index (χ1v) is 5.14. The van der Waals surface area contributed by atoms with Gasteiger partial charge in [-0.3, -0.25) is 4.79 Å². The van der Waals surface area contributed by atoms with Crippen LogP contribution in [0.5, 0.6) is 0 Å². The number of hydrogen-bond donors (Lipinski definition) is 0. The van der Waals surface area contributed by atoms with Crippen molar-refractivity contribution in [3.63, 3.8) is 0 Å². The van der Waals surface area contributed by atoms with Gasteiger partial charge >= 0.3 is 0 Å². The number of hydrogen-bond acceptors (Lipinski definition) is 1. The Labute approximate surface area is 90.1 Å². The molecule has 0 amide bonds. The van der Waals surface area contributed by atoms with E-state index in [4.69, 9.17) is 11.6 Å². The summed E-state index contributed by atoms with van der Waals surface area (Å²) in [5.41, 5.74) is 0.829. The maximum absolute atomic E-state index is 11.1. The first-order chi connectivity index (χ1) is 6.52. The lowest BCUT2D eigenvalue weighted by Crippen LogP contribution is -2.20. The molecule has 0 fully saturated rings. The van der Waals surface area contributed by atoms with Crippen LogP contribution in [0.25, 0.3) is 0 Å². The van der Waals surface area contributed by atoms with Crippen LogP contribution in [0, 0.1) is 5.41 Å². The average Bonchev–Trinajstić information content (AvgIpc) is 2.16. The van der Waals surface area contributed by atoms with Crippen LogP contribution in [0.2, 0.25) is 0 Å². The van der Waals surface area contributed by atoms with Crippen molar-refractivity contribution >= 4 is 16.8 Å². The van der Waals surface area contributed by atoms with Crippen molar-refractivity contribution < 1.29 is 4.79 Å². The van der Waals surface area contributed by atoms with Gasteiger partial charge in [-0.05, 0) is 30.0 Å². The second-order valence-electron chi connectivity index (χ2n) is 4.14. The average molecular weight is 211 g/mol. The number of halogens is 1. The Bertz CT molecular complexity index is 303. The van der Waals surface area contributed by atoms with Crippen LogP contribution < -0.4 is 0 Å². The lowest BCUT2D eigenvalue weighted by atomic mass is 9.88. The van der Waals surface area contributed by atoms with E-state index in [1.54, 1.807) is 0 Å². The molecule has 1 aromatic rings. The molecule has 0 N–H and O–H groups in total. The van der Waals surface area contributed by atoms with Crippen LogP contribution >= 0.6 is 11.6 Å². The number of rotatable bonds is 4. The van der Waals surface area contributed by atoms with Gasteiger partial charge in [0.2, 0.25) is 5.24 Å². The minimum Gasteiger partial charge on any atom is -0.281 e. The summed E-state index contributed by atoms with van der Waals surface area (Å²) in [5.74, 6) is 0. The van der Waals surface area contributed by atoms with E-state index in [2.05, 4.69) is 12.1 Å². The molecule has 14 heavy (non-hydrogen) atoms. The molecule has 0 saturated heterocycles. The summed E-state index contributed by atoms with van der Waals surface area (Å²) in [4.78, 5) is 11.1. The minimum atomic E-state index is -0.419. The zero-order valence-corrected chi connectivity index (χ0v) is 9.34. The monoisotopic (exact) mass is 210 g/mol. The Morgan fingerprint density at radius 2 is 1.86 bits per heavy atom. The molecule has 0 saturated carbocycles. The van der Waals surface area contributed by atoms with E-state index in [9.17, 15) is 4.79 Å². The van der Waals surface area contributed by atoms with Crippen molar-refractivity contribution in [3.05, 3.63) is 35.9 Å². The fourth-order valence-corrected chi connectivity index (χ4v) is 1.29. The predicted molar refractivity (Wildman–Crippen MR) is 59.4 cm³/mol. The van der Waals surface area contributed by atoms with Crippen LogP contribution in [0.1, 0.15) is 25.8 Å². The molecule has 0 heterocycles. The van der Waals surface area contributed by atoms with E-state index in [0.717, 1.165) is 12.8 Å². The molecule has 1 nitrogen and oxygen atoms in total. The molecular formula is C12H15ClO. The Morgan fingerprint density at radius 1 is 1.29 bits per heavy atom. The number of aryl methyl sites for hydroxylation is 1. The van der Waals surface area contributed by atoms with Gasteiger partial charge in [-0.2, -0.15) is 0 Å². The molecular weight excluding hydrogens is 196 g/mol. The highest BCUT2D eigenvalue weighted by Gasteiger charge is 2.24. The van der Waals surface area contributed by atoms with Crippen molar-refractivity contribution in [2.24, 2.45) is 5.41 Å². The van der Waals surface area contributed by atoms with Crippen molar-refractivity contribution in [2.45, 2.75) is 26.7 Å². The molecule has 0 atom stereocenters. The van der Waals surface area contributed by atoms with Gasteiger partial charge in [0.1, 0.15) is 0 Å². The summed E-state index contributed by atoms with van der Waals surface area (Å²) in [6.07, 6.45) is 1.69. The first kappa shape index (κ1) is 11.3. The van der Waals surface area contributed by atoms with Crippen LogP contribution in [-0.4, -0.2) is 5.24 Å². The second-order valence-corrected chi connectivity index (χ2v) is 4.49. The highest BCUT2D eigenvalue weighted by molar-refractivity contribution is 6.64. The molecule has 76 valence electrons. The highest BCUT2D eigenvalue weighted by atomic mass is 35.5. The lowest BCUT2D eigenvalue weighted by molar-refractivity contribution is -0.119. The van der Waals surface area contributed by atoms with Crippen LogP contribution in [0.3, 0.4) is 0 Å². The van der Waals surface area contributed by atoms with Crippen molar-refractivity contribution in [1.29, 1.82) is 0 Å². The Balaban J connectivity index is 2.53. The molecule has 0 aromatic heterocycles. The maximum atomic E-state index is 11.1. The molecule has 0 aliphatic carbocycles. The topological polar surface area (TPSA) is 17.1 Å². The van der Waals surface area contributed by atoms with E-state index in [-0.39, 0.29) is 5.24 Å². The van der Waals surface area contributed by atoms with Gasteiger partial charge in [0.15, 0.2) is 0 Å². The van der Waals surface area contributed by atoms with Crippen molar-refractivity contribution in [2.75, 3.05) is 0 Å². The summed E-state index contributed by atoms with van der Waals surface area (Å²) in [6, 6.07) is 10.1. The number of carbonyl (C=O) groups is 1. The molecule has 2 heteroatoms. The smallest absolute Gasteiger partial charge is 0.227 e. The summed E-state index contributed by atoms with van der Waals surface area (Å²) in [6.45, 7) is 3.76. The van der Waals surface area contributed by atoms with E-state index in [1.165, 1.54) is 5.56 Å². The molecule has 0 radical (unpaired) electrons. The van der Waals surface area contributed by atoms with E-state index < -0.39 is 5.41 Å². The van der Waals surface area contributed by atoms with Gasteiger partial charge in [0.05, 0.1) is 0 Å².